The molecule has 0 aliphatic carbocycles. The molecule has 5 nitrogen and oxygen atoms in total. The molecule has 0 aliphatic rings. The maximum absolute atomic E-state index is 11.4. The Morgan fingerprint density at radius 2 is 2.25 bits per heavy atom. The van der Waals surface area contributed by atoms with Crippen molar-refractivity contribution in [3.05, 3.63) is 18.2 Å². The molecule has 5 heteroatoms. The molecule has 0 radical (unpaired) electrons. The Balaban J connectivity index is 2.12. The third-order valence-corrected chi connectivity index (χ3v) is 2.02. The topological polar surface area (TPSA) is 69.8 Å². The standard InChI is InChI=1S/C11H20N4O/c1-11(2,3)15-5-4-10(16)14-8-9-12-6-7-13-9/h6-7,15H,4-5,8H2,1-3H3,(H,12,13)(H,14,16). The highest BCUT2D eigenvalue weighted by Crippen LogP contribution is 1.97. The van der Waals surface area contributed by atoms with Gasteiger partial charge in [0.05, 0.1) is 6.54 Å². The molecule has 90 valence electrons. The van der Waals surface area contributed by atoms with Gasteiger partial charge in [0.1, 0.15) is 5.82 Å². The third-order valence-electron chi connectivity index (χ3n) is 2.02. The van der Waals surface area contributed by atoms with Crippen LogP contribution in [0.5, 0.6) is 0 Å². The zero-order valence-corrected chi connectivity index (χ0v) is 10.1. The fraction of sp³-hybridized carbons (Fsp3) is 0.636. The molecule has 0 unspecified atom stereocenters. The van der Waals surface area contributed by atoms with Crippen LogP contribution in [0.15, 0.2) is 12.4 Å². The molecule has 0 atom stereocenters. The summed E-state index contributed by atoms with van der Waals surface area (Å²) in [5.41, 5.74) is 0.0568. The zero-order chi connectivity index (χ0) is 12.0. The number of carbonyl (C=O) groups is 1. The molecule has 1 rings (SSSR count). The van der Waals surface area contributed by atoms with E-state index in [9.17, 15) is 4.79 Å². The van der Waals surface area contributed by atoms with Gasteiger partial charge in [-0.2, -0.15) is 0 Å². The summed E-state index contributed by atoms with van der Waals surface area (Å²) in [5, 5.41) is 6.06. The second-order valence-corrected chi connectivity index (χ2v) is 4.74. The summed E-state index contributed by atoms with van der Waals surface area (Å²) in [6.07, 6.45) is 3.89. The number of aromatic nitrogens is 2. The van der Waals surface area contributed by atoms with Crippen molar-refractivity contribution in [2.45, 2.75) is 39.3 Å². The number of hydrogen-bond acceptors (Lipinski definition) is 3. The average molecular weight is 224 g/mol. The van der Waals surface area contributed by atoms with Gasteiger partial charge in [-0.15, -0.1) is 0 Å². The first-order valence-electron chi connectivity index (χ1n) is 5.47. The van der Waals surface area contributed by atoms with Crippen LogP contribution in [0.4, 0.5) is 0 Å². The lowest BCUT2D eigenvalue weighted by Crippen LogP contribution is -2.38. The Morgan fingerprint density at radius 1 is 1.50 bits per heavy atom. The Labute approximate surface area is 96.0 Å². The van der Waals surface area contributed by atoms with Crippen LogP contribution in [0.2, 0.25) is 0 Å². The number of H-pyrrole nitrogens is 1. The normalized spacial score (nSPS) is 11.4. The van der Waals surface area contributed by atoms with Crippen LogP contribution in [-0.2, 0) is 11.3 Å². The van der Waals surface area contributed by atoms with Crippen LogP contribution in [0, 0.1) is 0 Å². The highest BCUT2D eigenvalue weighted by molar-refractivity contribution is 5.75. The second kappa shape index (κ2) is 5.65. The van der Waals surface area contributed by atoms with E-state index in [1.54, 1.807) is 12.4 Å². The summed E-state index contributed by atoms with van der Waals surface area (Å²) in [6.45, 7) is 7.38. The lowest BCUT2D eigenvalue weighted by atomic mass is 10.1. The van der Waals surface area contributed by atoms with Crippen LogP contribution in [0.25, 0.3) is 0 Å². The molecule has 0 spiro atoms. The number of rotatable bonds is 5. The minimum Gasteiger partial charge on any atom is -0.349 e. The number of carbonyl (C=O) groups excluding carboxylic acids is 1. The third kappa shape index (κ3) is 5.50. The molecule has 0 aromatic carbocycles. The smallest absolute Gasteiger partial charge is 0.221 e. The SMILES string of the molecule is CC(C)(C)NCCC(=O)NCc1ncc[nH]1. The van der Waals surface area contributed by atoms with E-state index in [0.29, 0.717) is 19.5 Å². The van der Waals surface area contributed by atoms with E-state index in [-0.39, 0.29) is 11.4 Å². The van der Waals surface area contributed by atoms with Gasteiger partial charge < -0.3 is 15.6 Å². The van der Waals surface area contributed by atoms with Gasteiger partial charge in [-0.05, 0) is 20.8 Å². The maximum Gasteiger partial charge on any atom is 0.221 e. The fourth-order valence-electron chi connectivity index (χ4n) is 1.22. The molecule has 0 aliphatic heterocycles. The van der Waals surface area contributed by atoms with E-state index in [2.05, 4.69) is 41.4 Å². The van der Waals surface area contributed by atoms with Crippen molar-refractivity contribution in [1.29, 1.82) is 0 Å². The van der Waals surface area contributed by atoms with E-state index in [1.165, 1.54) is 0 Å². The van der Waals surface area contributed by atoms with Crippen molar-refractivity contribution in [1.82, 2.24) is 20.6 Å². The molecular formula is C11H20N4O. The van der Waals surface area contributed by atoms with Crippen molar-refractivity contribution in [3.63, 3.8) is 0 Å². The van der Waals surface area contributed by atoms with Crippen LogP contribution in [-0.4, -0.2) is 28.0 Å². The summed E-state index contributed by atoms with van der Waals surface area (Å²) in [6, 6.07) is 0. The molecule has 0 fully saturated rings. The van der Waals surface area contributed by atoms with Gasteiger partial charge in [0.15, 0.2) is 0 Å². The monoisotopic (exact) mass is 224 g/mol. The minimum atomic E-state index is 0.0353. The molecule has 1 aromatic rings. The van der Waals surface area contributed by atoms with Crippen LogP contribution >= 0.6 is 0 Å². The van der Waals surface area contributed by atoms with Gasteiger partial charge in [0.25, 0.3) is 0 Å². The summed E-state index contributed by atoms with van der Waals surface area (Å²) >= 11 is 0. The molecule has 0 bridgehead atoms. The van der Waals surface area contributed by atoms with E-state index < -0.39 is 0 Å². The number of amides is 1. The highest BCUT2D eigenvalue weighted by Gasteiger charge is 2.09. The van der Waals surface area contributed by atoms with Crippen LogP contribution < -0.4 is 10.6 Å². The lowest BCUT2D eigenvalue weighted by Gasteiger charge is -2.20. The predicted octanol–water partition coefficient (Wildman–Crippen LogP) is 0.804. The number of nitrogens with one attached hydrogen (secondary N) is 3. The summed E-state index contributed by atoms with van der Waals surface area (Å²) in [5.74, 6) is 0.810. The Kier molecular flexibility index (Phi) is 4.49. The molecule has 1 aromatic heterocycles. The van der Waals surface area contributed by atoms with Gasteiger partial charge in [-0.25, -0.2) is 4.98 Å². The van der Waals surface area contributed by atoms with E-state index >= 15 is 0 Å². The quantitative estimate of drug-likeness (QED) is 0.693. The number of nitrogens with zero attached hydrogens (tertiary/aromatic N) is 1. The largest absolute Gasteiger partial charge is 0.349 e. The van der Waals surface area contributed by atoms with Crippen molar-refractivity contribution in [2.75, 3.05) is 6.54 Å². The predicted molar refractivity (Wildman–Crippen MR) is 62.8 cm³/mol. The van der Waals surface area contributed by atoms with Gasteiger partial charge in [0.2, 0.25) is 5.91 Å². The summed E-state index contributed by atoms with van der Waals surface area (Å²) < 4.78 is 0. The molecule has 1 heterocycles. The van der Waals surface area contributed by atoms with Crippen molar-refractivity contribution >= 4 is 5.91 Å². The Hall–Kier alpha value is -1.36. The van der Waals surface area contributed by atoms with Crippen LogP contribution in [0.3, 0.4) is 0 Å². The van der Waals surface area contributed by atoms with Crippen molar-refractivity contribution in [2.24, 2.45) is 0 Å². The van der Waals surface area contributed by atoms with E-state index in [0.717, 1.165) is 5.82 Å². The van der Waals surface area contributed by atoms with Crippen molar-refractivity contribution in [3.8, 4) is 0 Å². The summed E-state index contributed by atoms with van der Waals surface area (Å²) in [7, 11) is 0. The van der Waals surface area contributed by atoms with Gasteiger partial charge in [-0.3, -0.25) is 4.79 Å². The van der Waals surface area contributed by atoms with Crippen molar-refractivity contribution < 1.29 is 4.79 Å². The first-order chi connectivity index (χ1) is 7.47. The Bertz CT molecular complexity index is 313. The molecule has 0 saturated heterocycles. The van der Waals surface area contributed by atoms with E-state index in [1.807, 2.05) is 0 Å². The van der Waals surface area contributed by atoms with Gasteiger partial charge in [0, 0.05) is 30.9 Å². The highest BCUT2D eigenvalue weighted by atomic mass is 16.1. The molecule has 0 saturated carbocycles. The first kappa shape index (κ1) is 12.7. The zero-order valence-electron chi connectivity index (χ0n) is 10.1. The molecule has 1 amide bonds. The molecular weight excluding hydrogens is 204 g/mol. The number of aromatic amines is 1. The lowest BCUT2D eigenvalue weighted by molar-refractivity contribution is -0.121. The minimum absolute atomic E-state index is 0.0353. The van der Waals surface area contributed by atoms with Crippen LogP contribution in [0.1, 0.15) is 33.0 Å². The van der Waals surface area contributed by atoms with Gasteiger partial charge in [-0.1, -0.05) is 0 Å². The summed E-state index contributed by atoms with van der Waals surface area (Å²) in [4.78, 5) is 18.4. The second-order valence-electron chi connectivity index (χ2n) is 4.74. The number of hydrogen-bond donors (Lipinski definition) is 3. The molecule has 3 N–H and O–H groups in total. The average Bonchev–Trinajstić information content (AvgIpc) is 2.65. The molecule has 16 heavy (non-hydrogen) atoms. The Morgan fingerprint density at radius 3 is 2.81 bits per heavy atom. The van der Waals surface area contributed by atoms with E-state index in [4.69, 9.17) is 0 Å². The van der Waals surface area contributed by atoms with Gasteiger partial charge >= 0.3 is 0 Å². The number of imidazole rings is 1. The fourth-order valence-corrected chi connectivity index (χ4v) is 1.22. The maximum atomic E-state index is 11.4. The first-order valence-corrected chi connectivity index (χ1v) is 5.47.